The van der Waals surface area contributed by atoms with Crippen LogP contribution >= 0.6 is 0 Å². The van der Waals surface area contributed by atoms with Crippen LogP contribution in [0.4, 0.5) is 0 Å². The quantitative estimate of drug-likeness (QED) is 0.789. The molecule has 1 aromatic rings. The minimum absolute atomic E-state index is 0.186. The molecule has 0 aliphatic carbocycles. The molecule has 19 heavy (non-hydrogen) atoms. The monoisotopic (exact) mass is 284 g/mol. The van der Waals surface area contributed by atoms with E-state index in [0.29, 0.717) is 18.8 Å². The Balaban J connectivity index is 2.01. The Morgan fingerprint density at radius 2 is 2.32 bits per heavy atom. The molecule has 2 rings (SSSR count). The van der Waals surface area contributed by atoms with Crippen LogP contribution in [0.2, 0.25) is 0 Å². The third kappa shape index (κ3) is 3.50. The van der Waals surface area contributed by atoms with Gasteiger partial charge in [0, 0.05) is 25.3 Å². The van der Waals surface area contributed by atoms with Gasteiger partial charge in [0.15, 0.2) is 0 Å². The Bertz CT molecular complexity index is 515. The maximum Gasteiger partial charge on any atom is 0.242 e. The first-order chi connectivity index (χ1) is 9.03. The molecule has 0 amide bonds. The highest BCUT2D eigenvalue weighted by molar-refractivity contribution is 7.89. The van der Waals surface area contributed by atoms with Gasteiger partial charge in [0.1, 0.15) is 4.90 Å². The van der Waals surface area contributed by atoms with Crippen molar-refractivity contribution in [2.45, 2.75) is 30.3 Å². The van der Waals surface area contributed by atoms with E-state index >= 15 is 0 Å². The Hall–Kier alpha value is -1.02. The molecule has 1 atom stereocenters. The van der Waals surface area contributed by atoms with E-state index in [0.717, 1.165) is 19.4 Å². The Labute approximate surface area is 114 Å². The molecule has 0 radical (unpaired) electrons. The SMILES string of the molecule is CN1CCCC1CNS(=O)(=O)c1ccc(CN)nc1. The van der Waals surface area contributed by atoms with Gasteiger partial charge in [0.2, 0.25) is 10.0 Å². The number of nitrogens with two attached hydrogens (primary N) is 1. The predicted molar refractivity (Wildman–Crippen MR) is 73.0 cm³/mol. The molecule has 6 nitrogen and oxygen atoms in total. The van der Waals surface area contributed by atoms with E-state index < -0.39 is 10.0 Å². The summed E-state index contributed by atoms with van der Waals surface area (Å²) < 4.78 is 26.8. The second kappa shape index (κ2) is 5.96. The van der Waals surface area contributed by atoms with Gasteiger partial charge in [-0.3, -0.25) is 4.98 Å². The Morgan fingerprint density at radius 3 is 2.84 bits per heavy atom. The fourth-order valence-corrected chi connectivity index (χ4v) is 3.23. The molecular formula is C12H20N4O2S. The van der Waals surface area contributed by atoms with Gasteiger partial charge in [-0.1, -0.05) is 0 Å². The van der Waals surface area contributed by atoms with Crippen molar-refractivity contribution in [2.75, 3.05) is 20.1 Å². The molecule has 0 spiro atoms. The van der Waals surface area contributed by atoms with E-state index in [-0.39, 0.29) is 10.9 Å². The third-order valence-electron chi connectivity index (χ3n) is 3.50. The second-order valence-electron chi connectivity index (χ2n) is 4.82. The van der Waals surface area contributed by atoms with Gasteiger partial charge >= 0.3 is 0 Å². The van der Waals surface area contributed by atoms with Crippen molar-refractivity contribution in [3.05, 3.63) is 24.0 Å². The number of hydrogen-bond acceptors (Lipinski definition) is 5. The Kier molecular flexibility index (Phi) is 4.51. The number of nitrogens with zero attached hydrogens (tertiary/aromatic N) is 2. The van der Waals surface area contributed by atoms with Gasteiger partial charge < -0.3 is 10.6 Å². The molecule has 1 unspecified atom stereocenters. The van der Waals surface area contributed by atoms with Gasteiger partial charge in [0.05, 0.1) is 5.69 Å². The molecule has 1 aromatic heterocycles. The van der Waals surface area contributed by atoms with Crippen molar-refractivity contribution in [1.29, 1.82) is 0 Å². The van der Waals surface area contributed by atoms with Crippen LogP contribution in [0, 0.1) is 0 Å². The molecule has 1 saturated heterocycles. The lowest BCUT2D eigenvalue weighted by Crippen LogP contribution is -2.38. The van der Waals surface area contributed by atoms with E-state index in [9.17, 15) is 8.42 Å². The number of likely N-dealkylation sites (tertiary alicyclic amines) is 1. The van der Waals surface area contributed by atoms with Crippen LogP contribution < -0.4 is 10.5 Å². The molecule has 0 bridgehead atoms. The summed E-state index contributed by atoms with van der Waals surface area (Å²) in [4.78, 5) is 6.37. The molecule has 7 heteroatoms. The zero-order valence-electron chi connectivity index (χ0n) is 11.0. The van der Waals surface area contributed by atoms with Gasteiger partial charge in [-0.25, -0.2) is 13.1 Å². The summed E-state index contributed by atoms with van der Waals surface area (Å²) in [5.74, 6) is 0. The van der Waals surface area contributed by atoms with Crippen LogP contribution in [0.5, 0.6) is 0 Å². The van der Waals surface area contributed by atoms with Gasteiger partial charge in [-0.15, -0.1) is 0 Å². The van der Waals surface area contributed by atoms with Crippen molar-refractivity contribution < 1.29 is 8.42 Å². The third-order valence-corrected chi connectivity index (χ3v) is 4.91. The number of nitrogens with one attached hydrogen (secondary N) is 1. The van der Waals surface area contributed by atoms with E-state index in [1.54, 1.807) is 6.07 Å². The lowest BCUT2D eigenvalue weighted by Gasteiger charge is -2.19. The summed E-state index contributed by atoms with van der Waals surface area (Å²) in [6.07, 6.45) is 3.50. The average molecular weight is 284 g/mol. The smallest absolute Gasteiger partial charge is 0.242 e. The van der Waals surface area contributed by atoms with Crippen LogP contribution in [-0.4, -0.2) is 44.5 Å². The highest BCUT2D eigenvalue weighted by atomic mass is 32.2. The first-order valence-corrected chi connectivity index (χ1v) is 7.86. The molecule has 1 aliphatic heterocycles. The number of pyridine rings is 1. The standard InChI is InChI=1S/C12H20N4O2S/c1-16-6-2-3-11(16)8-15-19(17,18)12-5-4-10(7-13)14-9-12/h4-5,9,11,15H,2-3,6-8,13H2,1H3. The summed E-state index contributed by atoms with van der Waals surface area (Å²) in [5, 5.41) is 0. The van der Waals surface area contributed by atoms with Crippen molar-refractivity contribution in [3.8, 4) is 0 Å². The average Bonchev–Trinajstić information content (AvgIpc) is 2.82. The highest BCUT2D eigenvalue weighted by Crippen LogP contribution is 2.15. The molecule has 1 aliphatic rings. The van der Waals surface area contributed by atoms with E-state index in [4.69, 9.17) is 5.73 Å². The summed E-state index contributed by atoms with van der Waals surface area (Å²) in [6.45, 7) is 1.78. The summed E-state index contributed by atoms with van der Waals surface area (Å²) >= 11 is 0. The summed E-state index contributed by atoms with van der Waals surface area (Å²) in [6, 6.07) is 3.46. The number of sulfonamides is 1. The first-order valence-electron chi connectivity index (χ1n) is 6.38. The minimum atomic E-state index is -3.48. The Morgan fingerprint density at radius 1 is 1.53 bits per heavy atom. The normalized spacial score (nSPS) is 20.8. The van der Waals surface area contributed by atoms with Crippen molar-refractivity contribution in [3.63, 3.8) is 0 Å². The lowest BCUT2D eigenvalue weighted by atomic mass is 10.2. The van der Waals surface area contributed by atoms with Crippen LogP contribution in [0.1, 0.15) is 18.5 Å². The molecular weight excluding hydrogens is 264 g/mol. The van der Waals surface area contributed by atoms with Crippen molar-refractivity contribution in [2.24, 2.45) is 5.73 Å². The molecule has 106 valence electrons. The van der Waals surface area contributed by atoms with Crippen LogP contribution in [0.3, 0.4) is 0 Å². The molecule has 0 saturated carbocycles. The second-order valence-corrected chi connectivity index (χ2v) is 6.58. The first kappa shape index (κ1) is 14.4. The lowest BCUT2D eigenvalue weighted by molar-refractivity contribution is 0.311. The molecule has 3 N–H and O–H groups in total. The van der Waals surface area contributed by atoms with Crippen molar-refractivity contribution in [1.82, 2.24) is 14.6 Å². The maximum absolute atomic E-state index is 12.1. The predicted octanol–water partition coefficient (Wildman–Crippen LogP) is -0.0872. The topological polar surface area (TPSA) is 88.3 Å². The number of likely N-dealkylation sites (N-methyl/N-ethyl adjacent to an activating group) is 1. The van der Waals surface area contributed by atoms with Gasteiger partial charge in [-0.05, 0) is 38.6 Å². The zero-order valence-corrected chi connectivity index (χ0v) is 11.9. The number of hydrogen-bond donors (Lipinski definition) is 2. The fourth-order valence-electron chi connectivity index (χ4n) is 2.22. The maximum atomic E-state index is 12.1. The summed E-state index contributed by atoms with van der Waals surface area (Å²) in [5.41, 5.74) is 6.11. The molecule has 0 aromatic carbocycles. The number of rotatable bonds is 5. The fraction of sp³-hybridized carbons (Fsp3) is 0.583. The minimum Gasteiger partial charge on any atom is -0.325 e. The molecule has 2 heterocycles. The van der Waals surface area contributed by atoms with E-state index in [1.807, 2.05) is 7.05 Å². The van der Waals surface area contributed by atoms with Crippen LogP contribution in [-0.2, 0) is 16.6 Å². The van der Waals surface area contributed by atoms with Gasteiger partial charge in [-0.2, -0.15) is 0 Å². The van der Waals surface area contributed by atoms with Crippen LogP contribution in [0.25, 0.3) is 0 Å². The van der Waals surface area contributed by atoms with E-state index in [2.05, 4.69) is 14.6 Å². The van der Waals surface area contributed by atoms with Gasteiger partial charge in [0.25, 0.3) is 0 Å². The zero-order chi connectivity index (χ0) is 13.9. The summed E-state index contributed by atoms with van der Waals surface area (Å²) in [7, 11) is -1.46. The van der Waals surface area contributed by atoms with Crippen LogP contribution in [0.15, 0.2) is 23.2 Å². The number of aromatic nitrogens is 1. The highest BCUT2D eigenvalue weighted by Gasteiger charge is 2.23. The van der Waals surface area contributed by atoms with Crippen molar-refractivity contribution >= 4 is 10.0 Å². The van der Waals surface area contributed by atoms with E-state index in [1.165, 1.54) is 12.3 Å². The largest absolute Gasteiger partial charge is 0.325 e. The molecule has 1 fully saturated rings.